The van der Waals surface area contributed by atoms with Crippen molar-refractivity contribution >= 4 is 5.69 Å². The van der Waals surface area contributed by atoms with Gasteiger partial charge in [0, 0.05) is 12.7 Å². The first-order valence-corrected chi connectivity index (χ1v) is 7.47. The average Bonchev–Trinajstić information content (AvgIpc) is 2.54. The Labute approximate surface area is 129 Å². The molecule has 3 rings (SSSR count). The Morgan fingerprint density at radius 1 is 1.55 bits per heavy atom. The van der Waals surface area contributed by atoms with Crippen LogP contribution in [0.25, 0.3) is 4.85 Å². The first-order valence-electron chi connectivity index (χ1n) is 7.47. The monoisotopic (exact) mass is 305 g/mol. The molecule has 2 saturated heterocycles. The molecule has 0 radical (unpaired) electrons. The van der Waals surface area contributed by atoms with Gasteiger partial charge in [0.15, 0.2) is 0 Å². The van der Waals surface area contributed by atoms with E-state index in [1.54, 1.807) is 6.07 Å². The first-order chi connectivity index (χ1) is 10.7. The quantitative estimate of drug-likeness (QED) is 0.721. The van der Waals surface area contributed by atoms with Gasteiger partial charge in [-0.05, 0) is 6.07 Å². The molecule has 0 aliphatic carbocycles. The Morgan fingerprint density at radius 3 is 2.91 bits per heavy atom. The second-order valence-electron chi connectivity index (χ2n) is 5.71. The Bertz CT molecular complexity index is 552. The van der Waals surface area contributed by atoms with E-state index in [0.717, 1.165) is 13.1 Å². The number of aliphatic hydroxyl groups excluding tert-OH is 1. The highest BCUT2D eigenvalue weighted by Crippen LogP contribution is 2.29. The van der Waals surface area contributed by atoms with Crippen molar-refractivity contribution in [2.75, 3.05) is 40.0 Å². The smallest absolute Gasteiger partial charge is 0.245 e. The molecule has 22 heavy (non-hydrogen) atoms. The molecule has 0 amide bonds. The van der Waals surface area contributed by atoms with Gasteiger partial charge in [-0.2, -0.15) is 0 Å². The molecule has 3 N–H and O–H groups in total. The zero-order chi connectivity index (χ0) is 15.5. The highest BCUT2D eigenvalue weighted by molar-refractivity contribution is 5.56. The molecule has 7 heteroatoms. The Morgan fingerprint density at radius 2 is 2.27 bits per heavy atom. The minimum absolute atomic E-state index is 0.339. The average molecular weight is 305 g/mol. The summed E-state index contributed by atoms with van der Waals surface area (Å²) in [5.41, 5.74) is 0.897. The summed E-state index contributed by atoms with van der Waals surface area (Å²) in [5, 5.41) is 12.8. The number of rotatable bonds is 4. The lowest BCUT2D eigenvalue weighted by Crippen LogP contribution is -2.95. The van der Waals surface area contributed by atoms with E-state index in [1.807, 2.05) is 0 Å². The summed E-state index contributed by atoms with van der Waals surface area (Å²) in [7, 11) is 1.52. The maximum Gasteiger partial charge on any atom is 0.245 e. The van der Waals surface area contributed by atoms with Gasteiger partial charge < -0.3 is 19.9 Å². The van der Waals surface area contributed by atoms with Gasteiger partial charge in [0.05, 0.1) is 57.8 Å². The number of nitrogens with two attached hydrogens (primary N) is 1. The molecule has 0 spiro atoms. The molecule has 7 nitrogen and oxygen atoms in total. The minimum Gasteiger partial charge on any atom is -0.508 e. The van der Waals surface area contributed by atoms with Crippen LogP contribution in [-0.2, 0) is 4.74 Å². The van der Waals surface area contributed by atoms with Gasteiger partial charge in [-0.3, -0.25) is 9.88 Å². The van der Waals surface area contributed by atoms with Crippen LogP contribution in [0.1, 0.15) is 11.8 Å². The summed E-state index contributed by atoms with van der Waals surface area (Å²) in [6.45, 7) is 11.0. The van der Waals surface area contributed by atoms with Crippen LogP contribution in [0.2, 0.25) is 0 Å². The predicted octanol–water partition coefficient (Wildman–Crippen LogP) is -0.679. The maximum absolute atomic E-state index is 10.5. The first kappa shape index (κ1) is 15.2. The second kappa shape index (κ2) is 6.58. The number of aliphatic hydroxyl groups is 1. The third-order valence-corrected chi connectivity index (χ3v) is 4.37. The number of hydrogen-bond donors (Lipinski definition) is 2. The zero-order valence-electron chi connectivity index (χ0n) is 12.6. The molecule has 1 aromatic rings. The van der Waals surface area contributed by atoms with Gasteiger partial charge in [0.25, 0.3) is 0 Å². The van der Waals surface area contributed by atoms with Gasteiger partial charge in [-0.25, -0.2) is 4.85 Å². The van der Waals surface area contributed by atoms with Gasteiger partial charge in [-0.15, -0.1) is 0 Å². The minimum atomic E-state index is -0.699. The van der Waals surface area contributed by atoms with Gasteiger partial charge >= 0.3 is 0 Å². The molecule has 2 bridgehead atoms. The highest BCUT2D eigenvalue weighted by atomic mass is 16.5. The number of pyridine rings is 1. The lowest BCUT2D eigenvalue weighted by atomic mass is 10.0. The Hall–Kier alpha value is -1.72. The third-order valence-electron chi connectivity index (χ3n) is 4.37. The van der Waals surface area contributed by atoms with E-state index < -0.39 is 6.10 Å². The van der Waals surface area contributed by atoms with Crippen molar-refractivity contribution in [1.82, 2.24) is 9.88 Å². The Balaban J connectivity index is 1.74. The van der Waals surface area contributed by atoms with E-state index >= 15 is 0 Å². The van der Waals surface area contributed by atoms with Crippen molar-refractivity contribution in [3.63, 3.8) is 0 Å². The molecule has 2 fully saturated rings. The van der Waals surface area contributed by atoms with E-state index in [9.17, 15) is 5.11 Å². The van der Waals surface area contributed by atoms with Crippen LogP contribution in [0.5, 0.6) is 5.75 Å². The number of ether oxygens (including phenoxy) is 2. The van der Waals surface area contributed by atoms with E-state index in [2.05, 4.69) is 20.0 Å². The van der Waals surface area contributed by atoms with Crippen LogP contribution in [0, 0.1) is 6.57 Å². The van der Waals surface area contributed by atoms with Crippen LogP contribution in [-0.4, -0.2) is 67.0 Å². The second-order valence-corrected chi connectivity index (χ2v) is 5.71. The van der Waals surface area contributed by atoms with Crippen LogP contribution in [0.4, 0.5) is 5.69 Å². The van der Waals surface area contributed by atoms with Crippen LogP contribution in [0.3, 0.4) is 0 Å². The van der Waals surface area contributed by atoms with Gasteiger partial charge in [-0.1, -0.05) is 0 Å². The molecule has 0 saturated carbocycles. The number of hydrogen-bond acceptors (Lipinski definition) is 5. The summed E-state index contributed by atoms with van der Waals surface area (Å²) >= 11 is 0. The largest absolute Gasteiger partial charge is 0.508 e. The SMILES string of the molecule is [C-]#[N+]c1cnc(C(O)CN2C3C[NH2+]CC2COC3)cc1OC. The molecular weight excluding hydrogens is 284 g/mol. The summed E-state index contributed by atoms with van der Waals surface area (Å²) in [5.74, 6) is 0.453. The molecule has 3 heterocycles. The number of nitrogens with zero attached hydrogens (tertiary/aromatic N) is 3. The normalized spacial score (nSPS) is 26.2. The highest BCUT2D eigenvalue weighted by Gasteiger charge is 2.38. The fraction of sp³-hybridized carbons (Fsp3) is 0.600. The number of quaternary nitrogens is 1. The van der Waals surface area contributed by atoms with Crippen LogP contribution >= 0.6 is 0 Å². The van der Waals surface area contributed by atoms with Crippen molar-refractivity contribution in [3.8, 4) is 5.75 Å². The van der Waals surface area contributed by atoms with Crippen LogP contribution in [0.15, 0.2) is 12.3 Å². The molecule has 3 atom stereocenters. The predicted molar refractivity (Wildman–Crippen MR) is 78.8 cm³/mol. The van der Waals surface area contributed by atoms with E-state index in [1.165, 1.54) is 13.3 Å². The number of piperazine rings is 1. The summed E-state index contributed by atoms with van der Waals surface area (Å²) in [6.07, 6.45) is 0.757. The molecule has 118 valence electrons. The molecule has 3 unspecified atom stereocenters. The number of methoxy groups -OCH3 is 1. The summed E-state index contributed by atoms with van der Waals surface area (Å²) in [6, 6.07) is 2.33. The number of morpholine rings is 1. The topological polar surface area (TPSA) is 75.8 Å². The molecule has 0 aromatic carbocycles. The third kappa shape index (κ3) is 2.91. The van der Waals surface area contributed by atoms with Crippen molar-refractivity contribution in [3.05, 3.63) is 29.4 Å². The maximum atomic E-state index is 10.5. The molecule has 1 aromatic heterocycles. The number of aromatic nitrogens is 1. The van der Waals surface area contributed by atoms with E-state index in [-0.39, 0.29) is 0 Å². The van der Waals surface area contributed by atoms with E-state index in [4.69, 9.17) is 16.0 Å². The fourth-order valence-electron chi connectivity index (χ4n) is 3.18. The van der Waals surface area contributed by atoms with Crippen molar-refractivity contribution < 1.29 is 19.9 Å². The van der Waals surface area contributed by atoms with Gasteiger partial charge in [0.2, 0.25) is 5.69 Å². The van der Waals surface area contributed by atoms with Crippen molar-refractivity contribution in [2.24, 2.45) is 0 Å². The lowest BCUT2D eigenvalue weighted by molar-refractivity contribution is -0.678. The van der Waals surface area contributed by atoms with Gasteiger partial charge in [0.1, 0.15) is 11.9 Å². The number of fused-ring (bicyclic) bond motifs is 2. The molecular formula is C15H21N4O3+. The summed E-state index contributed by atoms with van der Waals surface area (Å²) < 4.78 is 10.8. The molecule has 2 aliphatic heterocycles. The molecule has 2 aliphatic rings. The van der Waals surface area contributed by atoms with E-state index in [0.29, 0.717) is 49.0 Å². The zero-order valence-corrected chi connectivity index (χ0v) is 12.6. The van der Waals surface area contributed by atoms with Crippen molar-refractivity contribution in [1.29, 1.82) is 0 Å². The van der Waals surface area contributed by atoms with Crippen molar-refractivity contribution in [2.45, 2.75) is 18.2 Å². The standard InChI is InChI=1S/C15H20N4O3/c1-16-13-6-18-12(3-15(13)21-2)14(20)7-19-10-4-17-5-11(19)9-22-8-10/h3,6,10-11,14,17,20H,4-5,7-9H2,2H3/p+1. The summed E-state index contributed by atoms with van der Waals surface area (Å²) in [4.78, 5) is 9.89. The fourth-order valence-corrected chi connectivity index (χ4v) is 3.18. The Kier molecular flexibility index (Phi) is 4.55. The van der Waals surface area contributed by atoms with Crippen LogP contribution < -0.4 is 10.1 Å². The lowest BCUT2D eigenvalue weighted by Gasteiger charge is -2.44.